The van der Waals surface area contributed by atoms with E-state index in [2.05, 4.69) is 0 Å². The van der Waals surface area contributed by atoms with Crippen LogP contribution in [-0.4, -0.2) is 34.7 Å². The van der Waals surface area contributed by atoms with Gasteiger partial charge in [-0.25, -0.2) is 22.4 Å². The van der Waals surface area contributed by atoms with Crippen LogP contribution >= 0.6 is 0 Å². The maximum absolute atomic E-state index is 13.2. The molecule has 0 aliphatic carbocycles. The van der Waals surface area contributed by atoms with Crippen molar-refractivity contribution in [2.75, 3.05) is 6.61 Å². The number of rotatable bonds is 4. The highest BCUT2D eigenvalue weighted by Crippen LogP contribution is 2.18. The second-order valence-electron chi connectivity index (χ2n) is 3.39. The van der Waals surface area contributed by atoms with Crippen LogP contribution in [0.25, 0.3) is 0 Å². The average molecular weight is 281 g/mol. The van der Waals surface area contributed by atoms with Crippen molar-refractivity contribution >= 4 is 11.9 Å². The van der Waals surface area contributed by atoms with Gasteiger partial charge < -0.3 is 15.5 Å². The minimum Gasteiger partial charge on any atom is -0.480 e. The number of carbonyl (C=O) groups excluding carboxylic acids is 1. The van der Waals surface area contributed by atoms with Crippen molar-refractivity contribution in [3.05, 3.63) is 34.9 Å². The van der Waals surface area contributed by atoms with E-state index in [1.165, 1.54) is 0 Å². The van der Waals surface area contributed by atoms with Gasteiger partial charge >= 0.3 is 5.97 Å². The van der Waals surface area contributed by atoms with Crippen LogP contribution in [-0.2, 0) is 4.79 Å². The molecule has 0 aliphatic rings. The summed E-state index contributed by atoms with van der Waals surface area (Å²) in [5, 5.41) is 18.7. The molecule has 0 spiro atoms. The first-order valence-corrected chi connectivity index (χ1v) is 4.77. The molecule has 1 atom stereocenters. The highest BCUT2D eigenvalue weighted by Gasteiger charge is 2.26. The molecule has 1 aromatic carbocycles. The summed E-state index contributed by atoms with van der Waals surface area (Å²) in [5.74, 6) is -11.2. The molecule has 0 aromatic heterocycles. The molecule has 1 unspecified atom stereocenters. The van der Waals surface area contributed by atoms with E-state index in [9.17, 15) is 27.2 Å². The Labute approximate surface area is 103 Å². The molecule has 0 bridgehead atoms. The highest BCUT2D eigenvalue weighted by atomic mass is 19.2. The molecule has 5 nitrogen and oxygen atoms in total. The number of carboxylic acid groups (broad SMARTS) is 1. The lowest BCUT2D eigenvalue weighted by atomic mass is 10.1. The lowest BCUT2D eigenvalue weighted by Gasteiger charge is -2.12. The molecule has 0 saturated heterocycles. The quantitative estimate of drug-likeness (QED) is 0.424. The minimum atomic E-state index is -2.19. The normalized spacial score (nSPS) is 12.1. The molecule has 3 N–H and O–H groups in total. The first-order valence-electron chi connectivity index (χ1n) is 4.77. The zero-order chi connectivity index (χ0) is 14.7. The van der Waals surface area contributed by atoms with E-state index in [0.717, 1.165) is 0 Å². The molecule has 19 heavy (non-hydrogen) atoms. The number of hydrogen-bond acceptors (Lipinski definition) is 3. The van der Waals surface area contributed by atoms with Crippen LogP contribution in [0.15, 0.2) is 6.07 Å². The van der Waals surface area contributed by atoms with E-state index < -0.39 is 53.4 Å². The van der Waals surface area contributed by atoms with Crippen LogP contribution in [0.5, 0.6) is 0 Å². The Balaban J connectivity index is 3.11. The van der Waals surface area contributed by atoms with Gasteiger partial charge in [0.2, 0.25) is 0 Å². The molecule has 0 heterocycles. The summed E-state index contributed by atoms with van der Waals surface area (Å²) in [6, 6.07) is -1.71. The number of carboxylic acids is 1. The van der Waals surface area contributed by atoms with Crippen molar-refractivity contribution in [2.45, 2.75) is 6.04 Å². The molecule has 1 amide bonds. The third-order valence-corrected chi connectivity index (χ3v) is 2.13. The van der Waals surface area contributed by atoms with Gasteiger partial charge in [-0.2, -0.15) is 0 Å². The summed E-state index contributed by atoms with van der Waals surface area (Å²) in [5.41, 5.74) is -1.21. The Bertz CT molecular complexity index is 535. The van der Waals surface area contributed by atoms with Crippen LogP contribution in [0.2, 0.25) is 0 Å². The Morgan fingerprint density at radius 1 is 1.16 bits per heavy atom. The van der Waals surface area contributed by atoms with Crippen molar-refractivity contribution in [3.63, 3.8) is 0 Å². The van der Waals surface area contributed by atoms with Gasteiger partial charge in [0.1, 0.15) is 0 Å². The number of aliphatic carboxylic acids is 1. The van der Waals surface area contributed by atoms with Gasteiger partial charge in [-0.05, 0) is 6.07 Å². The number of nitrogens with one attached hydrogen (secondary N) is 1. The summed E-state index contributed by atoms with van der Waals surface area (Å²) in [6.07, 6.45) is 0. The van der Waals surface area contributed by atoms with Crippen molar-refractivity contribution in [1.82, 2.24) is 5.32 Å². The average Bonchev–Trinajstić information content (AvgIpc) is 2.36. The van der Waals surface area contributed by atoms with Crippen LogP contribution < -0.4 is 5.32 Å². The minimum absolute atomic E-state index is 0.0827. The smallest absolute Gasteiger partial charge is 0.328 e. The van der Waals surface area contributed by atoms with Crippen molar-refractivity contribution in [3.8, 4) is 0 Å². The number of hydrogen-bond donors (Lipinski definition) is 3. The first kappa shape index (κ1) is 14.9. The fourth-order valence-corrected chi connectivity index (χ4v) is 1.16. The monoisotopic (exact) mass is 281 g/mol. The first-order chi connectivity index (χ1) is 8.79. The molecule has 9 heteroatoms. The molecule has 1 rings (SSSR count). The third-order valence-electron chi connectivity index (χ3n) is 2.13. The third kappa shape index (κ3) is 2.99. The standard InChI is InChI=1S/C10H7F4NO4/c11-4-1-3(6(12)8(14)7(4)13)9(17)15-5(2-16)10(18)19/h1,5,16H,2H2,(H,15,17)(H,18,19). The Morgan fingerprint density at radius 3 is 2.21 bits per heavy atom. The Morgan fingerprint density at radius 2 is 1.74 bits per heavy atom. The van der Waals surface area contributed by atoms with Crippen LogP contribution in [0, 0.1) is 23.3 Å². The van der Waals surface area contributed by atoms with Gasteiger partial charge in [0.25, 0.3) is 5.91 Å². The molecule has 1 aromatic rings. The Hall–Kier alpha value is -2.16. The maximum Gasteiger partial charge on any atom is 0.328 e. The second-order valence-corrected chi connectivity index (χ2v) is 3.39. The zero-order valence-electron chi connectivity index (χ0n) is 9.08. The van der Waals surface area contributed by atoms with Crippen molar-refractivity contribution in [2.24, 2.45) is 0 Å². The zero-order valence-corrected chi connectivity index (χ0v) is 9.08. The van der Waals surface area contributed by atoms with E-state index in [4.69, 9.17) is 10.2 Å². The van der Waals surface area contributed by atoms with Crippen molar-refractivity contribution < 1.29 is 37.4 Å². The van der Waals surface area contributed by atoms with Gasteiger partial charge in [0, 0.05) is 0 Å². The maximum atomic E-state index is 13.2. The molecule has 0 fully saturated rings. The van der Waals surface area contributed by atoms with Crippen molar-refractivity contribution in [1.29, 1.82) is 0 Å². The van der Waals surface area contributed by atoms with Gasteiger partial charge in [0.15, 0.2) is 29.3 Å². The lowest BCUT2D eigenvalue weighted by Crippen LogP contribution is -2.43. The fourth-order valence-electron chi connectivity index (χ4n) is 1.16. The van der Waals surface area contributed by atoms with Gasteiger partial charge in [-0.1, -0.05) is 0 Å². The summed E-state index contributed by atoms with van der Waals surface area (Å²) in [6.45, 7) is -1.02. The molecule has 0 aliphatic heterocycles. The number of aliphatic hydroxyl groups excluding tert-OH is 1. The number of amides is 1. The van der Waals surface area contributed by atoms with E-state index in [1.54, 1.807) is 5.32 Å². The van der Waals surface area contributed by atoms with Crippen LogP contribution in [0.1, 0.15) is 10.4 Å². The molecule has 0 saturated carbocycles. The van der Waals surface area contributed by atoms with E-state index >= 15 is 0 Å². The highest BCUT2D eigenvalue weighted by molar-refractivity contribution is 5.96. The number of aliphatic hydroxyl groups is 1. The summed E-state index contributed by atoms with van der Waals surface area (Å²) >= 11 is 0. The largest absolute Gasteiger partial charge is 0.480 e. The van der Waals surface area contributed by atoms with Gasteiger partial charge in [-0.3, -0.25) is 4.79 Å². The summed E-state index contributed by atoms with van der Waals surface area (Å²) in [4.78, 5) is 21.9. The van der Waals surface area contributed by atoms with E-state index in [0.29, 0.717) is 0 Å². The summed E-state index contributed by atoms with van der Waals surface area (Å²) in [7, 11) is 0. The predicted molar refractivity (Wildman–Crippen MR) is 52.2 cm³/mol. The molecule has 0 radical (unpaired) electrons. The lowest BCUT2D eigenvalue weighted by molar-refractivity contribution is -0.140. The van der Waals surface area contributed by atoms with Gasteiger partial charge in [-0.15, -0.1) is 0 Å². The number of carbonyl (C=O) groups is 2. The van der Waals surface area contributed by atoms with Gasteiger partial charge in [0.05, 0.1) is 12.2 Å². The molecular weight excluding hydrogens is 274 g/mol. The Kier molecular flexibility index (Phi) is 4.43. The molecular formula is C10H7F4NO4. The SMILES string of the molecule is O=C(NC(CO)C(=O)O)c1cc(F)c(F)c(F)c1F. The number of halogens is 4. The van der Waals surface area contributed by atoms with E-state index in [-0.39, 0.29) is 6.07 Å². The molecule has 104 valence electrons. The summed E-state index contributed by atoms with van der Waals surface area (Å²) < 4.78 is 51.5. The topological polar surface area (TPSA) is 86.6 Å². The predicted octanol–water partition coefficient (Wildman–Crippen LogP) is 0.418. The van der Waals surface area contributed by atoms with E-state index in [1.807, 2.05) is 0 Å². The second kappa shape index (κ2) is 5.65. The van der Waals surface area contributed by atoms with Crippen LogP contribution in [0.4, 0.5) is 17.6 Å². The van der Waals surface area contributed by atoms with Crippen LogP contribution in [0.3, 0.4) is 0 Å². The fraction of sp³-hybridized carbons (Fsp3) is 0.200. The number of benzene rings is 1.